The molecule has 0 heterocycles. The van der Waals surface area contributed by atoms with Crippen molar-refractivity contribution in [2.45, 2.75) is 53.1 Å². The first-order valence-electron chi connectivity index (χ1n) is 6.27. The van der Waals surface area contributed by atoms with Gasteiger partial charge in [-0.1, -0.05) is 38.5 Å². The summed E-state index contributed by atoms with van der Waals surface area (Å²) in [7, 11) is 0. The zero-order valence-electron chi connectivity index (χ0n) is 11.0. The number of aliphatic hydroxyl groups excluding tert-OH is 1. The zero-order chi connectivity index (χ0) is 12.1. The molecule has 0 aromatic heterocycles. The molecule has 2 unspecified atom stereocenters. The van der Waals surface area contributed by atoms with Gasteiger partial charge in [0.05, 0.1) is 6.10 Å². The molecule has 1 aromatic rings. The average Bonchev–Trinajstić information content (AvgIpc) is 2.23. The Morgan fingerprint density at radius 2 is 1.75 bits per heavy atom. The third-order valence-electron chi connectivity index (χ3n) is 3.46. The fraction of sp³-hybridized carbons (Fsp3) is 0.600. The predicted molar refractivity (Wildman–Crippen MR) is 69.7 cm³/mol. The second kappa shape index (κ2) is 6.05. The average molecular weight is 220 g/mol. The molecule has 1 N–H and O–H groups in total. The summed E-state index contributed by atoms with van der Waals surface area (Å²) >= 11 is 0. The van der Waals surface area contributed by atoms with E-state index in [1.54, 1.807) is 0 Å². The van der Waals surface area contributed by atoms with Gasteiger partial charge in [-0.15, -0.1) is 0 Å². The van der Waals surface area contributed by atoms with Crippen molar-refractivity contribution in [2.75, 3.05) is 0 Å². The van der Waals surface area contributed by atoms with Crippen LogP contribution in [0.1, 0.15) is 43.4 Å². The van der Waals surface area contributed by atoms with Crippen molar-refractivity contribution in [3.63, 3.8) is 0 Å². The molecule has 0 saturated carbocycles. The molecule has 0 spiro atoms. The molecule has 90 valence electrons. The van der Waals surface area contributed by atoms with Crippen LogP contribution in [0.2, 0.25) is 0 Å². The van der Waals surface area contributed by atoms with Crippen LogP contribution in [-0.2, 0) is 6.42 Å². The van der Waals surface area contributed by atoms with Gasteiger partial charge in [0.25, 0.3) is 0 Å². The molecule has 0 amide bonds. The van der Waals surface area contributed by atoms with E-state index < -0.39 is 0 Å². The Morgan fingerprint density at radius 1 is 1.19 bits per heavy atom. The highest BCUT2D eigenvalue weighted by molar-refractivity contribution is 5.33. The number of hydrogen-bond acceptors (Lipinski definition) is 1. The lowest BCUT2D eigenvalue weighted by atomic mass is 9.92. The van der Waals surface area contributed by atoms with Crippen LogP contribution in [0.15, 0.2) is 18.2 Å². The van der Waals surface area contributed by atoms with E-state index in [0.29, 0.717) is 5.92 Å². The van der Waals surface area contributed by atoms with Crippen molar-refractivity contribution in [2.24, 2.45) is 5.92 Å². The monoisotopic (exact) mass is 220 g/mol. The quantitative estimate of drug-likeness (QED) is 0.803. The van der Waals surface area contributed by atoms with Crippen LogP contribution in [0.5, 0.6) is 0 Å². The van der Waals surface area contributed by atoms with Gasteiger partial charge in [-0.05, 0) is 49.3 Å². The Labute approximate surface area is 99.5 Å². The summed E-state index contributed by atoms with van der Waals surface area (Å²) in [5.41, 5.74) is 3.91. The van der Waals surface area contributed by atoms with Gasteiger partial charge in [0, 0.05) is 0 Å². The molecular formula is C15H24O. The molecule has 1 rings (SSSR count). The van der Waals surface area contributed by atoms with Gasteiger partial charge in [0.2, 0.25) is 0 Å². The summed E-state index contributed by atoms with van der Waals surface area (Å²) < 4.78 is 0. The summed E-state index contributed by atoms with van der Waals surface area (Å²) in [5.74, 6) is 0.610. The molecule has 1 aromatic carbocycles. The highest BCUT2D eigenvalue weighted by Crippen LogP contribution is 2.19. The fourth-order valence-electron chi connectivity index (χ4n) is 2.12. The normalized spacial score (nSPS) is 14.8. The van der Waals surface area contributed by atoms with Crippen LogP contribution in [0, 0.1) is 19.8 Å². The van der Waals surface area contributed by atoms with E-state index in [4.69, 9.17) is 0 Å². The maximum Gasteiger partial charge on any atom is 0.0583 e. The van der Waals surface area contributed by atoms with Crippen LogP contribution in [0.25, 0.3) is 0 Å². The second-order valence-corrected chi connectivity index (χ2v) is 4.98. The first-order chi connectivity index (χ1) is 7.54. The van der Waals surface area contributed by atoms with Crippen molar-refractivity contribution in [3.8, 4) is 0 Å². The van der Waals surface area contributed by atoms with Gasteiger partial charge in [-0.3, -0.25) is 0 Å². The number of aryl methyl sites for hydroxylation is 2. The van der Waals surface area contributed by atoms with Gasteiger partial charge in [0.15, 0.2) is 0 Å². The zero-order valence-corrected chi connectivity index (χ0v) is 11.0. The standard InChI is InChI=1S/C15H24O/c1-5-11(2)9-14(16)10-15-12(3)7-6-8-13(15)4/h6-8,11,14,16H,5,9-10H2,1-4H3. The smallest absolute Gasteiger partial charge is 0.0583 e. The Morgan fingerprint density at radius 3 is 2.25 bits per heavy atom. The van der Waals surface area contributed by atoms with Crippen molar-refractivity contribution in [3.05, 3.63) is 34.9 Å². The molecule has 0 saturated heterocycles. The Balaban J connectivity index is 2.66. The van der Waals surface area contributed by atoms with E-state index in [1.807, 2.05) is 0 Å². The summed E-state index contributed by atoms with van der Waals surface area (Å²) in [5, 5.41) is 10.1. The van der Waals surface area contributed by atoms with Gasteiger partial charge < -0.3 is 5.11 Å². The van der Waals surface area contributed by atoms with E-state index in [2.05, 4.69) is 45.9 Å². The third-order valence-corrected chi connectivity index (χ3v) is 3.46. The molecule has 1 nitrogen and oxygen atoms in total. The van der Waals surface area contributed by atoms with Gasteiger partial charge >= 0.3 is 0 Å². The van der Waals surface area contributed by atoms with Crippen molar-refractivity contribution >= 4 is 0 Å². The number of aliphatic hydroxyl groups is 1. The summed E-state index contributed by atoms with van der Waals surface area (Å²) in [6, 6.07) is 6.33. The lowest BCUT2D eigenvalue weighted by molar-refractivity contribution is 0.144. The molecular weight excluding hydrogens is 196 g/mol. The largest absolute Gasteiger partial charge is 0.393 e. The Bertz CT molecular complexity index is 310. The molecule has 0 radical (unpaired) electrons. The van der Waals surface area contributed by atoms with Crippen molar-refractivity contribution in [1.29, 1.82) is 0 Å². The molecule has 1 heteroatoms. The number of benzene rings is 1. The van der Waals surface area contributed by atoms with Crippen LogP contribution in [0.3, 0.4) is 0 Å². The van der Waals surface area contributed by atoms with Crippen LogP contribution in [-0.4, -0.2) is 11.2 Å². The summed E-state index contributed by atoms with van der Waals surface area (Å²) in [4.78, 5) is 0. The first kappa shape index (κ1) is 13.2. The van der Waals surface area contributed by atoms with Gasteiger partial charge in [-0.2, -0.15) is 0 Å². The van der Waals surface area contributed by atoms with Crippen molar-refractivity contribution < 1.29 is 5.11 Å². The molecule has 0 fully saturated rings. The SMILES string of the molecule is CCC(C)CC(O)Cc1c(C)cccc1C. The number of hydrogen-bond donors (Lipinski definition) is 1. The molecule has 2 atom stereocenters. The molecule has 16 heavy (non-hydrogen) atoms. The fourth-order valence-corrected chi connectivity index (χ4v) is 2.12. The first-order valence-corrected chi connectivity index (χ1v) is 6.27. The van der Waals surface area contributed by atoms with E-state index in [9.17, 15) is 5.11 Å². The lowest BCUT2D eigenvalue weighted by Gasteiger charge is -2.17. The predicted octanol–water partition coefficient (Wildman–Crippen LogP) is 3.64. The maximum absolute atomic E-state index is 10.1. The minimum atomic E-state index is -0.199. The van der Waals surface area contributed by atoms with Gasteiger partial charge in [0.1, 0.15) is 0 Å². The second-order valence-electron chi connectivity index (χ2n) is 4.98. The molecule has 0 aliphatic rings. The Hall–Kier alpha value is -0.820. The topological polar surface area (TPSA) is 20.2 Å². The van der Waals surface area contributed by atoms with Gasteiger partial charge in [-0.25, -0.2) is 0 Å². The molecule has 0 bridgehead atoms. The third kappa shape index (κ3) is 3.64. The highest BCUT2D eigenvalue weighted by Gasteiger charge is 2.12. The molecule has 0 aliphatic carbocycles. The minimum Gasteiger partial charge on any atom is -0.393 e. The van der Waals surface area contributed by atoms with E-state index >= 15 is 0 Å². The summed E-state index contributed by atoms with van der Waals surface area (Å²) in [6.07, 6.45) is 2.64. The molecule has 0 aliphatic heterocycles. The van der Waals surface area contributed by atoms with E-state index in [-0.39, 0.29) is 6.10 Å². The van der Waals surface area contributed by atoms with Crippen LogP contribution in [0.4, 0.5) is 0 Å². The summed E-state index contributed by atoms with van der Waals surface area (Å²) in [6.45, 7) is 8.63. The van der Waals surface area contributed by atoms with E-state index in [0.717, 1.165) is 19.3 Å². The highest BCUT2D eigenvalue weighted by atomic mass is 16.3. The van der Waals surface area contributed by atoms with Crippen molar-refractivity contribution in [1.82, 2.24) is 0 Å². The van der Waals surface area contributed by atoms with Crippen LogP contribution >= 0.6 is 0 Å². The number of rotatable bonds is 5. The minimum absolute atomic E-state index is 0.199. The maximum atomic E-state index is 10.1. The van der Waals surface area contributed by atoms with Crippen LogP contribution < -0.4 is 0 Å². The lowest BCUT2D eigenvalue weighted by Crippen LogP contribution is -2.15. The van der Waals surface area contributed by atoms with E-state index in [1.165, 1.54) is 16.7 Å². The Kier molecular flexibility index (Phi) is 5.01.